The molecule has 86 valence electrons. The molecule has 4 nitrogen and oxygen atoms in total. The molecule has 0 aliphatic rings. The molecule has 1 N–H and O–H groups in total. The van der Waals surface area contributed by atoms with Gasteiger partial charge in [-0.15, -0.1) is 6.58 Å². The van der Waals surface area contributed by atoms with Crippen LogP contribution in [0.3, 0.4) is 0 Å². The second-order valence-electron chi connectivity index (χ2n) is 3.14. The maximum Gasteiger partial charge on any atom is 0.311 e. The molecule has 0 spiro atoms. The van der Waals surface area contributed by atoms with Gasteiger partial charge in [-0.1, -0.05) is 6.08 Å². The molecule has 1 aromatic rings. The van der Waals surface area contributed by atoms with E-state index in [1.807, 2.05) is 0 Å². The number of carbonyl (C=O) groups is 1. The lowest BCUT2D eigenvalue weighted by Crippen LogP contribution is -2.06. The van der Waals surface area contributed by atoms with Gasteiger partial charge in [0.05, 0.1) is 7.11 Å². The molecule has 4 heteroatoms. The maximum atomic E-state index is 11.3. The van der Waals surface area contributed by atoms with Crippen molar-refractivity contribution in [3.05, 3.63) is 30.9 Å². The van der Waals surface area contributed by atoms with Gasteiger partial charge >= 0.3 is 5.97 Å². The molecule has 0 aliphatic heterocycles. The highest BCUT2D eigenvalue weighted by Gasteiger charge is 2.07. The first-order valence-corrected chi connectivity index (χ1v) is 4.86. The van der Waals surface area contributed by atoms with Crippen molar-refractivity contribution in [1.82, 2.24) is 0 Å². The second kappa shape index (κ2) is 5.80. The Bertz CT molecular complexity index is 385. The van der Waals surface area contributed by atoms with Crippen LogP contribution in [0.25, 0.3) is 0 Å². The fourth-order valence-electron chi connectivity index (χ4n) is 1.14. The van der Waals surface area contributed by atoms with Gasteiger partial charge in [0.25, 0.3) is 0 Å². The van der Waals surface area contributed by atoms with Crippen LogP contribution in [0.1, 0.15) is 12.8 Å². The third kappa shape index (κ3) is 3.31. The largest absolute Gasteiger partial charge is 0.504 e. The van der Waals surface area contributed by atoms with Crippen molar-refractivity contribution in [3.8, 4) is 17.2 Å². The predicted molar refractivity (Wildman–Crippen MR) is 59.7 cm³/mol. The second-order valence-corrected chi connectivity index (χ2v) is 3.14. The Morgan fingerprint density at radius 2 is 2.31 bits per heavy atom. The highest BCUT2D eigenvalue weighted by Crippen LogP contribution is 2.29. The van der Waals surface area contributed by atoms with Crippen LogP contribution in [0.15, 0.2) is 30.9 Å². The Balaban J connectivity index is 2.64. The van der Waals surface area contributed by atoms with Gasteiger partial charge in [-0.25, -0.2) is 0 Å². The lowest BCUT2D eigenvalue weighted by atomic mass is 10.3. The zero-order chi connectivity index (χ0) is 12.0. The summed E-state index contributed by atoms with van der Waals surface area (Å²) in [5.41, 5.74) is 0. The Kier molecular flexibility index (Phi) is 4.39. The topological polar surface area (TPSA) is 55.8 Å². The SMILES string of the molecule is C=CCCC(=O)Oc1ccc(OC)c(O)c1. The highest BCUT2D eigenvalue weighted by molar-refractivity contribution is 5.72. The van der Waals surface area contributed by atoms with E-state index in [1.165, 1.54) is 19.2 Å². The smallest absolute Gasteiger partial charge is 0.311 e. The predicted octanol–water partition coefficient (Wildman–Crippen LogP) is 2.27. The van der Waals surface area contributed by atoms with Crippen LogP contribution in [0, 0.1) is 0 Å². The molecule has 0 amide bonds. The van der Waals surface area contributed by atoms with Crippen molar-refractivity contribution in [2.24, 2.45) is 0 Å². The number of aromatic hydroxyl groups is 1. The molecule has 0 aromatic heterocycles. The van der Waals surface area contributed by atoms with E-state index < -0.39 is 0 Å². The number of esters is 1. The van der Waals surface area contributed by atoms with Crippen molar-refractivity contribution in [1.29, 1.82) is 0 Å². The summed E-state index contributed by atoms with van der Waals surface area (Å²) >= 11 is 0. The van der Waals surface area contributed by atoms with E-state index in [0.29, 0.717) is 17.9 Å². The summed E-state index contributed by atoms with van der Waals surface area (Å²) in [5, 5.41) is 9.45. The Morgan fingerprint density at radius 3 is 2.88 bits per heavy atom. The molecule has 0 saturated heterocycles. The first-order chi connectivity index (χ1) is 7.67. The number of benzene rings is 1. The third-order valence-electron chi connectivity index (χ3n) is 1.93. The quantitative estimate of drug-likeness (QED) is 0.471. The van der Waals surface area contributed by atoms with Crippen LogP contribution in [0.2, 0.25) is 0 Å². The number of ether oxygens (including phenoxy) is 2. The van der Waals surface area contributed by atoms with Gasteiger partial charge in [0.2, 0.25) is 0 Å². The van der Waals surface area contributed by atoms with E-state index in [-0.39, 0.29) is 18.1 Å². The molecule has 0 atom stereocenters. The summed E-state index contributed by atoms with van der Waals surface area (Å²) in [5.74, 6) is 0.222. The van der Waals surface area contributed by atoms with Crippen molar-refractivity contribution >= 4 is 5.97 Å². The lowest BCUT2D eigenvalue weighted by Gasteiger charge is -2.06. The molecule has 1 aromatic carbocycles. The van der Waals surface area contributed by atoms with E-state index >= 15 is 0 Å². The van der Waals surface area contributed by atoms with Gasteiger partial charge in [-0.05, 0) is 18.6 Å². The van der Waals surface area contributed by atoms with E-state index in [9.17, 15) is 9.90 Å². The monoisotopic (exact) mass is 222 g/mol. The summed E-state index contributed by atoms with van der Waals surface area (Å²) in [7, 11) is 1.45. The van der Waals surface area contributed by atoms with Gasteiger partial charge in [0, 0.05) is 12.5 Å². The summed E-state index contributed by atoms with van der Waals surface area (Å²) in [6, 6.07) is 4.43. The fourth-order valence-corrected chi connectivity index (χ4v) is 1.14. The molecule has 0 radical (unpaired) electrons. The van der Waals surface area contributed by atoms with Gasteiger partial charge in [0.15, 0.2) is 11.5 Å². The van der Waals surface area contributed by atoms with Crippen LogP contribution in [-0.2, 0) is 4.79 Å². The van der Waals surface area contributed by atoms with Gasteiger partial charge in [-0.3, -0.25) is 4.79 Å². The molecule has 16 heavy (non-hydrogen) atoms. The summed E-state index contributed by atoms with van der Waals surface area (Å²) < 4.78 is 9.86. The first kappa shape index (κ1) is 12.1. The molecule has 0 fully saturated rings. The average molecular weight is 222 g/mol. The first-order valence-electron chi connectivity index (χ1n) is 4.86. The average Bonchev–Trinajstić information content (AvgIpc) is 2.26. The van der Waals surface area contributed by atoms with Crippen LogP contribution in [0.5, 0.6) is 17.2 Å². The molecule has 0 aliphatic carbocycles. The zero-order valence-electron chi connectivity index (χ0n) is 9.10. The van der Waals surface area contributed by atoms with E-state index in [1.54, 1.807) is 12.1 Å². The van der Waals surface area contributed by atoms with E-state index in [4.69, 9.17) is 9.47 Å². The van der Waals surface area contributed by atoms with Gasteiger partial charge in [-0.2, -0.15) is 0 Å². The van der Waals surface area contributed by atoms with Gasteiger partial charge in [0.1, 0.15) is 5.75 Å². The van der Waals surface area contributed by atoms with Crippen molar-refractivity contribution in [2.45, 2.75) is 12.8 Å². The molecular weight excluding hydrogens is 208 g/mol. The van der Waals surface area contributed by atoms with Crippen LogP contribution in [-0.4, -0.2) is 18.2 Å². The minimum atomic E-state index is -0.357. The number of phenols is 1. The highest BCUT2D eigenvalue weighted by atomic mass is 16.5. The molecule has 0 bridgehead atoms. The molecule has 0 unspecified atom stereocenters. The number of phenolic OH excluding ortho intramolecular Hbond substituents is 1. The minimum absolute atomic E-state index is 0.0588. The van der Waals surface area contributed by atoms with Crippen molar-refractivity contribution in [3.63, 3.8) is 0 Å². The molecular formula is C12H14O4. The maximum absolute atomic E-state index is 11.3. The standard InChI is InChI=1S/C12H14O4/c1-3-4-5-12(14)16-9-6-7-11(15-2)10(13)8-9/h3,6-8,13H,1,4-5H2,2H3. The summed E-state index contributed by atoms with van der Waals surface area (Å²) in [4.78, 5) is 11.3. The van der Waals surface area contributed by atoms with Crippen LogP contribution >= 0.6 is 0 Å². The zero-order valence-corrected chi connectivity index (χ0v) is 9.10. The number of carbonyl (C=O) groups excluding carboxylic acids is 1. The van der Waals surface area contributed by atoms with Crippen LogP contribution in [0.4, 0.5) is 0 Å². The lowest BCUT2D eigenvalue weighted by molar-refractivity contribution is -0.134. The Hall–Kier alpha value is -1.97. The van der Waals surface area contributed by atoms with Crippen LogP contribution < -0.4 is 9.47 Å². The van der Waals surface area contributed by atoms with Gasteiger partial charge < -0.3 is 14.6 Å². The minimum Gasteiger partial charge on any atom is -0.504 e. The Morgan fingerprint density at radius 1 is 1.56 bits per heavy atom. The molecule has 1 rings (SSSR count). The fraction of sp³-hybridized carbons (Fsp3) is 0.250. The van der Waals surface area contributed by atoms with Crippen molar-refractivity contribution < 1.29 is 19.4 Å². The van der Waals surface area contributed by atoms with E-state index in [0.717, 1.165) is 0 Å². The molecule has 0 saturated carbocycles. The number of hydrogen-bond donors (Lipinski definition) is 1. The normalized spacial score (nSPS) is 9.56. The summed E-state index contributed by atoms with van der Waals surface area (Å²) in [6.07, 6.45) is 2.49. The summed E-state index contributed by atoms with van der Waals surface area (Å²) in [6.45, 7) is 3.51. The number of rotatable bonds is 5. The third-order valence-corrected chi connectivity index (χ3v) is 1.93. The molecule has 0 heterocycles. The number of allylic oxidation sites excluding steroid dienone is 1. The van der Waals surface area contributed by atoms with Crippen molar-refractivity contribution in [2.75, 3.05) is 7.11 Å². The number of hydrogen-bond acceptors (Lipinski definition) is 4. The Labute approximate surface area is 94.1 Å². The number of methoxy groups -OCH3 is 1. The van der Waals surface area contributed by atoms with E-state index in [2.05, 4.69) is 6.58 Å².